The van der Waals surface area contributed by atoms with Gasteiger partial charge in [-0.05, 0) is 54.5 Å². The molecular weight excluding hydrogens is 359 g/mol. The SMILES string of the molecule is CCc1ccc(NC(=S)NN=Cc2cccn2Cc2ccccc2F)cc1. The fourth-order valence-corrected chi connectivity index (χ4v) is 2.81. The van der Waals surface area contributed by atoms with E-state index in [9.17, 15) is 4.39 Å². The summed E-state index contributed by atoms with van der Waals surface area (Å²) in [5.74, 6) is -0.216. The number of nitrogens with zero attached hydrogens (tertiary/aromatic N) is 2. The van der Waals surface area contributed by atoms with E-state index in [1.165, 1.54) is 11.6 Å². The molecule has 0 radical (unpaired) electrons. The van der Waals surface area contributed by atoms with Gasteiger partial charge in [0.2, 0.25) is 0 Å². The molecule has 3 rings (SSSR count). The van der Waals surface area contributed by atoms with E-state index >= 15 is 0 Å². The number of hydrogen-bond acceptors (Lipinski definition) is 2. The van der Waals surface area contributed by atoms with E-state index in [0.717, 1.165) is 17.8 Å². The summed E-state index contributed by atoms with van der Waals surface area (Å²) in [7, 11) is 0. The van der Waals surface area contributed by atoms with Gasteiger partial charge >= 0.3 is 0 Å². The van der Waals surface area contributed by atoms with Crippen molar-refractivity contribution in [3.05, 3.63) is 89.5 Å². The van der Waals surface area contributed by atoms with E-state index in [-0.39, 0.29) is 5.82 Å². The van der Waals surface area contributed by atoms with Crippen LogP contribution in [0, 0.1) is 5.82 Å². The van der Waals surface area contributed by atoms with Gasteiger partial charge in [-0.3, -0.25) is 5.43 Å². The second kappa shape index (κ2) is 9.09. The Kier molecular flexibility index (Phi) is 6.33. The molecule has 0 amide bonds. The maximum absolute atomic E-state index is 13.8. The number of hydrazone groups is 1. The van der Waals surface area contributed by atoms with Crippen LogP contribution in [0.5, 0.6) is 0 Å². The zero-order valence-electron chi connectivity index (χ0n) is 15.0. The van der Waals surface area contributed by atoms with Crippen molar-refractivity contribution in [2.45, 2.75) is 19.9 Å². The number of rotatable bonds is 6. The molecule has 0 bridgehead atoms. The van der Waals surface area contributed by atoms with Gasteiger partial charge in [-0.15, -0.1) is 0 Å². The summed E-state index contributed by atoms with van der Waals surface area (Å²) in [6, 6.07) is 18.6. The van der Waals surface area contributed by atoms with Crippen LogP contribution in [0.4, 0.5) is 10.1 Å². The summed E-state index contributed by atoms with van der Waals surface area (Å²) >= 11 is 5.25. The molecule has 2 N–H and O–H groups in total. The molecule has 0 saturated carbocycles. The zero-order chi connectivity index (χ0) is 19.1. The largest absolute Gasteiger partial charge is 0.342 e. The van der Waals surface area contributed by atoms with Gasteiger partial charge in [0.1, 0.15) is 5.82 Å². The Balaban J connectivity index is 1.57. The fraction of sp³-hybridized carbons (Fsp3) is 0.143. The molecule has 4 nitrogen and oxygen atoms in total. The summed E-state index contributed by atoms with van der Waals surface area (Å²) in [5.41, 5.74) is 6.46. The number of aromatic nitrogens is 1. The molecule has 0 saturated heterocycles. The van der Waals surface area contributed by atoms with Gasteiger partial charge in [0.25, 0.3) is 0 Å². The Labute approximate surface area is 163 Å². The molecule has 0 atom stereocenters. The summed E-state index contributed by atoms with van der Waals surface area (Å²) in [4.78, 5) is 0. The number of hydrogen-bond donors (Lipinski definition) is 2. The number of anilines is 1. The first-order valence-corrected chi connectivity index (χ1v) is 9.14. The van der Waals surface area contributed by atoms with Crippen molar-refractivity contribution < 1.29 is 4.39 Å². The normalized spacial score (nSPS) is 10.9. The quantitative estimate of drug-likeness (QED) is 0.374. The minimum Gasteiger partial charge on any atom is -0.342 e. The van der Waals surface area contributed by atoms with Crippen molar-refractivity contribution >= 4 is 29.2 Å². The molecule has 0 spiro atoms. The Morgan fingerprint density at radius 3 is 2.63 bits per heavy atom. The second-order valence-corrected chi connectivity index (χ2v) is 6.44. The highest BCUT2D eigenvalue weighted by Gasteiger charge is 2.04. The van der Waals surface area contributed by atoms with E-state index in [0.29, 0.717) is 17.2 Å². The molecule has 1 aromatic heterocycles. The van der Waals surface area contributed by atoms with Gasteiger partial charge in [0, 0.05) is 17.4 Å². The molecule has 2 aromatic carbocycles. The van der Waals surface area contributed by atoms with Gasteiger partial charge in [0.15, 0.2) is 5.11 Å². The van der Waals surface area contributed by atoms with Gasteiger partial charge < -0.3 is 9.88 Å². The van der Waals surface area contributed by atoms with Gasteiger partial charge in [-0.25, -0.2) is 4.39 Å². The lowest BCUT2D eigenvalue weighted by molar-refractivity contribution is 0.599. The number of benzene rings is 2. The van der Waals surface area contributed by atoms with E-state index in [4.69, 9.17) is 12.2 Å². The van der Waals surface area contributed by atoms with E-state index in [2.05, 4.69) is 34.9 Å². The van der Waals surface area contributed by atoms with Crippen LogP contribution in [0.3, 0.4) is 0 Å². The molecule has 1 heterocycles. The lowest BCUT2D eigenvalue weighted by atomic mass is 10.1. The Morgan fingerprint density at radius 1 is 1.11 bits per heavy atom. The summed E-state index contributed by atoms with van der Waals surface area (Å²) in [6.07, 6.45) is 4.55. The highest BCUT2D eigenvalue weighted by Crippen LogP contribution is 2.11. The lowest BCUT2D eigenvalue weighted by Gasteiger charge is -2.09. The summed E-state index contributed by atoms with van der Waals surface area (Å²) in [5, 5.41) is 7.67. The van der Waals surface area contributed by atoms with Crippen molar-refractivity contribution in [2.75, 3.05) is 5.32 Å². The van der Waals surface area contributed by atoms with Crippen LogP contribution in [-0.4, -0.2) is 15.9 Å². The number of aryl methyl sites for hydroxylation is 1. The Hall–Kier alpha value is -2.99. The van der Waals surface area contributed by atoms with Gasteiger partial charge in [-0.2, -0.15) is 5.10 Å². The zero-order valence-corrected chi connectivity index (χ0v) is 15.8. The second-order valence-electron chi connectivity index (χ2n) is 6.03. The van der Waals surface area contributed by atoms with E-state index in [1.807, 2.05) is 41.1 Å². The molecule has 138 valence electrons. The van der Waals surface area contributed by atoms with Crippen molar-refractivity contribution in [1.29, 1.82) is 0 Å². The smallest absolute Gasteiger partial charge is 0.191 e. The van der Waals surface area contributed by atoms with Crippen LogP contribution in [0.2, 0.25) is 0 Å². The molecule has 0 fully saturated rings. The number of nitrogens with one attached hydrogen (secondary N) is 2. The monoisotopic (exact) mass is 380 g/mol. The Morgan fingerprint density at radius 2 is 1.89 bits per heavy atom. The first kappa shape index (κ1) is 18.8. The van der Waals surface area contributed by atoms with Crippen molar-refractivity contribution in [1.82, 2.24) is 9.99 Å². The lowest BCUT2D eigenvalue weighted by Crippen LogP contribution is -2.24. The average Bonchev–Trinajstić information content (AvgIpc) is 3.11. The highest BCUT2D eigenvalue weighted by atomic mass is 32.1. The predicted octanol–water partition coefficient (Wildman–Crippen LogP) is 4.56. The number of halogens is 1. The topological polar surface area (TPSA) is 41.4 Å². The number of thiocarbonyl (C=S) groups is 1. The third-order valence-electron chi connectivity index (χ3n) is 4.15. The molecule has 0 aliphatic rings. The van der Waals surface area contributed by atoms with Crippen LogP contribution in [-0.2, 0) is 13.0 Å². The van der Waals surface area contributed by atoms with Crippen molar-refractivity contribution in [3.63, 3.8) is 0 Å². The van der Waals surface area contributed by atoms with Crippen molar-refractivity contribution in [2.24, 2.45) is 5.10 Å². The Bertz CT molecular complexity index is 931. The molecule has 27 heavy (non-hydrogen) atoms. The maximum atomic E-state index is 13.8. The predicted molar refractivity (Wildman–Crippen MR) is 113 cm³/mol. The maximum Gasteiger partial charge on any atom is 0.191 e. The molecule has 0 aliphatic heterocycles. The average molecular weight is 380 g/mol. The molecule has 6 heteroatoms. The summed E-state index contributed by atoms with van der Waals surface area (Å²) < 4.78 is 15.8. The molecule has 0 unspecified atom stereocenters. The fourth-order valence-electron chi connectivity index (χ4n) is 2.64. The van der Waals surface area contributed by atoms with Crippen LogP contribution < -0.4 is 10.7 Å². The van der Waals surface area contributed by atoms with Crippen LogP contribution in [0.1, 0.15) is 23.7 Å². The third-order valence-corrected chi connectivity index (χ3v) is 4.34. The molecule has 3 aromatic rings. The minimum absolute atomic E-state index is 0.216. The molecule has 0 aliphatic carbocycles. The van der Waals surface area contributed by atoms with Crippen LogP contribution >= 0.6 is 12.2 Å². The van der Waals surface area contributed by atoms with E-state index in [1.54, 1.807) is 18.3 Å². The third kappa shape index (κ3) is 5.24. The van der Waals surface area contributed by atoms with Gasteiger partial charge in [-0.1, -0.05) is 37.3 Å². The highest BCUT2D eigenvalue weighted by molar-refractivity contribution is 7.80. The molecular formula is C21H21FN4S. The van der Waals surface area contributed by atoms with Crippen molar-refractivity contribution in [3.8, 4) is 0 Å². The first-order valence-electron chi connectivity index (χ1n) is 8.73. The minimum atomic E-state index is -0.216. The standard InChI is InChI=1S/C21H21FN4S/c1-2-16-9-11-18(12-10-16)24-21(27)25-23-14-19-7-5-13-26(19)15-17-6-3-4-8-20(17)22/h3-14H,2,15H2,1H3,(H2,24,25,27). The summed E-state index contributed by atoms with van der Waals surface area (Å²) in [6.45, 7) is 2.55. The van der Waals surface area contributed by atoms with E-state index < -0.39 is 0 Å². The van der Waals surface area contributed by atoms with Gasteiger partial charge in [0.05, 0.1) is 18.5 Å². The first-order chi connectivity index (χ1) is 13.2. The van der Waals surface area contributed by atoms with Crippen LogP contribution in [0.25, 0.3) is 0 Å². The van der Waals surface area contributed by atoms with Crippen LogP contribution in [0.15, 0.2) is 72.0 Å².